The molecule has 2 heterocycles. The van der Waals surface area contributed by atoms with Gasteiger partial charge in [0.25, 0.3) is 0 Å². The molecular formula is C27H34N3+. The highest BCUT2D eigenvalue weighted by Gasteiger charge is 2.43. The minimum Gasteiger partial charge on any atom is -0.343 e. The Morgan fingerprint density at radius 1 is 1.00 bits per heavy atom. The molecule has 0 spiro atoms. The second-order valence-corrected chi connectivity index (χ2v) is 9.58. The molecule has 0 amide bonds. The van der Waals surface area contributed by atoms with E-state index in [0.717, 1.165) is 6.54 Å². The number of hydrogen-bond donors (Lipinski definition) is 1. The number of para-hydroxylation sites is 1. The van der Waals surface area contributed by atoms with Crippen molar-refractivity contribution in [2.75, 3.05) is 25.0 Å². The Morgan fingerprint density at radius 3 is 2.43 bits per heavy atom. The van der Waals surface area contributed by atoms with Crippen LogP contribution in [0, 0.1) is 6.92 Å². The minimum atomic E-state index is -0.0500. The van der Waals surface area contributed by atoms with E-state index in [1.807, 2.05) is 0 Å². The van der Waals surface area contributed by atoms with Gasteiger partial charge in [0.2, 0.25) is 5.69 Å². The van der Waals surface area contributed by atoms with Gasteiger partial charge in [-0.15, -0.1) is 0 Å². The van der Waals surface area contributed by atoms with E-state index in [-0.39, 0.29) is 10.8 Å². The van der Waals surface area contributed by atoms with E-state index in [4.69, 9.17) is 5.73 Å². The molecule has 0 aromatic heterocycles. The lowest BCUT2D eigenvalue weighted by Gasteiger charge is -2.26. The first-order chi connectivity index (χ1) is 14.2. The fraction of sp³-hybridized carbons (Fsp3) is 0.370. The summed E-state index contributed by atoms with van der Waals surface area (Å²) in [4.78, 5) is 2.39. The second-order valence-electron chi connectivity index (χ2n) is 9.58. The molecule has 0 aliphatic carbocycles. The number of fused-ring (bicyclic) bond motifs is 2. The molecule has 2 aromatic rings. The van der Waals surface area contributed by atoms with Crippen molar-refractivity contribution >= 4 is 17.1 Å². The third-order valence-corrected chi connectivity index (χ3v) is 6.85. The molecule has 3 heteroatoms. The molecule has 30 heavy (non-hydrogen) atoms. The van der Waals surface area contributed by atoms with Crippen LogP contribution in [0.15, 0.2) is 66.4 Å². The number of anilines is 1. The molecule has 0 unspecified atom stereocenters. The molecule has 2 aromatic carbocycles. The number of nitrogens with zero attached hydrogens (tertiary/aromatic N) is 2. The second kappa shape index (κ2) is 7.24. The highest BCUT2D eigenvalue weighted by atomic mass is 15.2. The molecule has 0 atom stereocenters. The van der Waals surface area contributed by atoms with Crippen molar-refractivity contribution in [3.8, 4) is 0 Å². The third-order valence-electron chi connectivity index (χ3n) is 6.85. The maximum Gasteiger partial charge on any atom is 0.209 e. The van der Waals surface area contributed by atoms with Gasteiger partial charge < -0.3 is 10.6 Å². The SMILES string of the molecule is Cc1ccc2c(c1)C(C)(C)C(=CC=CC1=[N+](C)c3ccccc3C1(C)C)N2CCN. The summed E-state index contributed by atoms with van der Waals surface area (Å²) < 4.78 is 2.32. The van der Waals surface area contributed by atoms with Gasteiger partial charge in [0, 0.05) is 47.6 Å². The average molecular weight is 401 g/mol. The zero-order valence-corrected chi connectivity index (χ0v) is 19.2. The van der Waals surface area contributed by atoms with Crippen LogP contribution in [0.1, 0.15) is 44.4 Å². The maximum absolute atomic E-state index is 5.98. The van der Waals surface area contributed by atoms with Crippen LogP contribution in [0.25, 0.3) is 0 Å². The van der Waals surface area contributed by atoms with Crippen LogP contribution < -0.4 is 10.6 Å². The van der Waals surface area contributed by atoms with Gasteiger partial charge in [0.1, 0.15) is 7.05 Å². The first-order valence-electron chi connectivity index (χ1n) is 10.9. The lowest BCUT2D eigenvalue weighted by molar-refractivity contribution is -0.401. The van der Waals surface area contributed by atoms with Crippen LogP contribution in [-0.2, 0) is 10.8 Å². The Labute approximate surface area is 181 Å². The number of aryl methyl sites for hydroxylation is 1. The van der Waals surface area contributed by atoms with Gasteiger partial charge in [-0.25, -0.2) is 0 Å². The molecule has 0 bridgehead atoms. The number of rotatable bonds is 4. The molecule has 156 valence electrons. The van der Waals surface area contributed by atoms with Crippen LogP contribution >= 0.6 is 0 Å². The van der Waals surface area contributed by atoms with Gasteiger partial charge in [-0.1, -0.05) is 55.8 Å². The van der Waals surface area contributed by atoms with E-state index < -0.39 is 0 Å². The van der Waals surface area contributed by atoms with Gasteiger partial charge >= 0.3 is 0 Å². The first kappa shape index (κ1) is 20.6. The molecule has 4 rings (SSSR count). The smallest absolute Gasteiger partial charge is 0.209 e. The van der Waals surface area contributed by atoms with E-state index in [1.54, 1.807) is 0 Å². The maximum atomic E-state index is 5.98. The summed E-state index contributed by atoms with van der Waals surface area (Å²) in [5, 5.41) is 0. The molecule has 0 saturated heterocycles. The Hall–Kier alpha value is -2.65. The van der Waals surface area contributed by atoms with Crippen molar-refractivity contribution in [3.63, 3.8) is 0 Å². The van der Waals surface area contributed by atoms with Gasteiger partial charge in [0.05, 0.1) is 5.41 Å². The van der Waals surface area contributed by atoms with Crippen molar-refractivity contribution in [2.24, 2.45) is 5.73 Å². The third kappa shape index (κ3) is 3.04. The molecule has 0 radical (unpaired) electrons. The van der Waals surface area contributed by atoms with Crippen molar-refractivity contribution < 1.29 is 4.58 Å². The molecule has 3 nitrogen and oxygen atoms in total. The number of nitrogens with two attached hydrogens (primary N) is 1. The van der Waals surface area contributed by atoms with Gasteiger partial charge in [-0.05, 0) is 38.5 Å². The summed E-state index contributed by atoms with van der Waals surface area (Å²) in [6, 6.07) is 15.5. The highest BCUT2D eigenvalue weighted by Crippen LogP contribution is 2.48. The summed E-state index contributed by atoms with van der Waals surface area (Å²) in [6.45, 7) is 12.9. The van der Waals surface area contributed by atoms with Crippen molar-refractivity contribution in [2.45, 2.75) is 45.4 Å². The minimum absolute atomic E-state index is 0.0113. The fourth-order valence-corrected chi connectivity index (χ4v) is 5.19. The number of benzene rings is 2. The van der Waals surface area contributed by atoms with E-state index >= 15 is 0 Å². The van der Waals surface area contributed by atoms with Gasteiger partial charge in [-0.3, -0.25) is 0 Å². The van der Waals surface area contributed by atoms with Gasteiger partial charge in [-0.2, -0.15) is 4.58 Å². The van der Waals surface area contributed by atoms with Crippen LogP contribution in [0.3, 0.4) is 0 Å². The van der Waals surface area contributed by atoms with Crippen LogP contribution in [-0.4, -0.2) is 30.4 Å². The predicted molar refractivity (Wildman–Crippen MR) is 128 cm³/mol. The monoisotopic (exact) mass is 400 g/mol. The number of allylic oxidation sites excluding steroid dienone is 4. The van der Waals surface area contributed by atoms with E-state index in [2.05, 4.69) is 112 Å². The molecule has 0 saturated carbocycles. The summed E-state index contributed by atoms with van der Waals surface area (Å²) in [5.41, 5.74) is 15.2. The lowest BCUT2D eigenvalue weighted by atomic mass is 9.81. The highest BCUT2D eigenvalue weighted by molar-refractivity contribution is 6.03. The van der Waals surface area contributed by atoms with Crippen LogP contribution in [0.5, 0.6) is 0 Å². The van der Waals surface area contributed by atoms with Crippen LogP contribution in [0.4, 0.5) is 11.4 Å². The van der Waals surface area contributed by atoms with Crippen molar-refractivity contribution in [1.29, 1.82) is 0 Å². The van der Waals surface area contributed by atoms with E-state index in [0.29, 0.717) is 6.54 Å². The summed E-state index contributed by atoms with van der Waals surface area (Å²) in [7, 11) is 2.17. The normalized spacial score (nSPS) is 20.4. The van der Waals surface area contributed by atoms with E-state index in [9.17, 15) is 0 Å². The standard InChI is InChI=1S/C27H34N3/c1-19-14-15-23-21(18-19)27(4,5)25(30(23)17-16-28)13-9-12-24-26(2,3)20-10-7-8-11-22(20)29(24)6/h7-15,18H,16-17,28H2,1-6H3/q+1. The lowest BCUT2D eigenvalue weighted by Crippen LogP contribution is -2.30. The molecule has 2 N–H and O–H groups in total. The fourth-order valence-electron chi connectivity index (χ4n) is 5.19. The predicted octanol–water partition coefficient (Wildman–Crippen LogP) is 5.20. The van der Waals surface area contributed by atoms with Gasteiger partial charge in [0.15, 0.2) is 5.71 Å². The molecule has 2 aliphatic rings. The number of hydrogen-bond acceptors (Lipinski definition) is 2. The topological polar surface area (TPSA) is 32.3 Å². The van der Waals surface area contributed by atoms with Crippen LogP contribution in [0.2, 0.25) is 0 Å². The quantitative estimate of drug-likeness (QED) is 0.716. The van der Waals surface area contributed by atoms with E-state index in [1.165, 1.54) is 39.5 Å². The summed E-state index contributed by atoms with van der Waals surface area (Å²) in [5.74, 6) is 0. The molecule has 2 aliphatic heterocycles. The largest absolute Gasteiger partial charge is 0.343 e. The Morgan fingerprint density at radius 2 is 1.73 bits per heavy atom. The first-order valence-corrected chi connectivity index (χ1v) is 10.9. The Bertz CT molecular complexity index is 1080. The average Bonchev–Trinajstić information content (AvgIpc) is 3.03. The molecular weight excluding hydrogens is 366 g/mol. The van der Waals surface area contributed by atoms with Crippen molar-refractivity contribution in [3.05, 3.63) is 83.1 Å². The Kier molecular flexibility index (Phi) is 4.98. The molecule has 0 fully saturated rings. The zero-order chi connectivity index (χ0) is 21.7. The summed E-state index contributed by atoms with van der Waals surface area (Å²) >= 11 is 0. The zero-order valence-electron chi connectivity index (χ0n) is 19.2. The Balaban J connectivity index is 1.73. The van der Waals surface area contributed by atoms with Crippen molar-refractivity contribution in [1.82, 2.24) is 0 Å². The summed E-state index contributed by atoms with van der Waals surface area (Å²) in [6.07, 6.45) is 6.78.